The molecule has 1 aromatic rings. The van der Waals surface area contributed by atoms with Crippen molar-refractivity contribution in [3.8, 4) is 5.75 Å². The summed E-state index contributed by atoms with van der Waals surface area (Å²) in [6, 6.07) is 0.0988. The van der Waals surface area contributed by atoms with E-state index in [0.717, 1.165) is 12.2 Å². The molecular formula is C9H15N3O2. The van der Waals surface area contributed by atoms with Crippen LogP contribution in [0.1, 0.15) is 6.42 Å². The lowest BCUT2D eigenvalue weighted by Crippen LogP contribution is -2.59. The summed E-state index contributed by atoms with van der Waals surface area (Å²) in [5.41, 5.74) is 5.76. The maximum Gasteiger partial charge on any atom is 0.157 e. The summed E-state index contributed by atoms with van der Waals surface area (Å²) in [4.78, 5) is 0. The number of hydrogen-bond donors (Lipinski definition) is 1. The van der Waals surface area contributed by atoms with Crippen molar-refractivity contribution < 1.29 is 9.47 Å². The summed E-state index contributed by atoms with van der Waals surface area (Å²) >= 11 is 0. The average Bonchev–Trinajstić information content (AvgIpc) is 2.51. The van der Waals surface area contributed by atoms with Crippen molar-refractivity contribution in [2.75, 3.05) is 7.11 Å². The number of methoxy groups -OCH3 is 1. The summed E-state index contributed by atoms with van der Waals surface area (Å²) < 4.78 is 12.6. The molecule has 3 atom stereocenters. The Labute approximate surface area is 82.8 Å². The fourth-order valence-corrected chi connectivity index (χ4v) is 1.69. The molecular weight excluding hydrogens is 182 g/mol. The highest BCUT2D eigenvalue weighted by atomic mass is 16.5. The molecule has 1 aliphatic carbocycles. The minimum absolute atomic E-state index is 0.00945. The van der Waals surface area contributed by atoms with Gasteiger partial charge in [0, 0.05) is 26.6 Å². The highest BCUT2D eigenvalue weighted by Crippen LogP contribution is 2.26. The number of hydrogen-bond acceptors (Lipinski definition) is 4. The van der Waals surface area contributed by atoms with Crippen LogP contribution < -0.4 is 10.5 Å². The number of aryl methyl sites for hydroxylation is 1. The molecule has 0 saturated heterocycles. The predicted molar refractivity (Wildman–Crippen MR) is 51.0 cm³/mol. The molecule has 0 radical (unpaired) electrons. The SMILES string of the molecule is COC1C(N)CC1Oc1cnn(C)c1. The smallest absolute Gasteiger partial charge is 0.157 e. The van der Waals surface area contributed by atoms with Crippen molar-refractivity contribution in [3.05, 3.63) is 12.4 Å². The van der Waals surface area contributed by atoms with Gasteiger partial charge in [0.05, 0.1) is 12.4 Å². The van der Waals surface area contributed by atoms with Gasteiger partial charge in [0.25, 0.3) is 0 Å². The Morgan fingerprint density at radius 2 is 2.43 bits per heavy atom. The van der Waals surface area contributed by atoms with Gasteiger partial charge >= 0.3 is 0 Å². The van der Waals surface area contributed by atoms with E-state index in [9.17, 15) is 0 Å². The van der Waals surface area contributed by atoms with Gasteiger partial charge in [-0.25, -0.2) is 0 Å². The quantitative estimate of drug-likeness (QED) is 0.735. The van der Waals surface area contributed by atoms with E-state index >= 15 is 0 Å². The summed E-state index contributed by atoms with van der Waals surface area (Å²) in [7, 11) is 3.51. The fourth-order valence-electron chi connectivity index (χ4n) is 1.69. The van der Waals surface area contributed by atoms with Crippen LogP contribution in [0.3, 0.4) is 0 Å². The average molecular weight is 197 g/mol. The molecule has 1 saturated carbocycles. The molecule has 2 rings (SSSR count). The lowest BCUT2D eigenvalue weighted by Gasteiger charge is -2.40. The standard InChI is InChI=1S/C9H15N3O2/c1-12-5-6(4-11-12)14-8-3-7(10)9(8)13-2/h4-5,7-9H,3,10H2,1-2H3. The Morgan fingerprint density at radius 1 is 1.64 bits per heavy atom. The van der Waals surface area contributed by atoms with Crippen molar-refractivity contribution in [1.82, 2.24) is 9.78 Å². The van der Waals surface area contributed by atoms with Gasteiger partial charge in [-0.15, -0.1) is 0 Å². The Morgan fingerprint density at radius 3 is 2.93 bits per heavy atom. The number of nitrogens with zero attached hydrogens (tertiary/aromatic N) is 2. The molecule has 1 fully saturated rings. The van der Waals surface area contributed by atoms with Crippen LogP contribution in [0.5, 0.6) is 5.75 Å². The van der Waals surface area contributed by atoms with Crippen LogP contribution >= 0.6 is 0 Å². The maximum absolute atomic E-state index is 5.76. The molecule has 0 spiro atoms. The Hall–Kier alpha value is -1.07. The van der Waals surface area contributed by atoms with Gasteiger partial charge in [0.15, 0.2) is 5.75 Å². The largest absolute Gasteiger partial charge is 0.484 e. The molecule has 0 amide bonds. The van der Waals surface area contributed by atoms with Crippen LogP contribution in [0.2, 0.25) is 0 Å². The van der Waals surface area contributed by atoms with Crippen LogP contribution in [0.4, 0.5) is 0 Å². The van der Waals surface area contributed by atoms with Gasteiger partial charge in [-0.2, -0.15) is 5.10 Å². The highest BCUT2D eigenvalue weighted by Gasteiger charge is 2.41. The molecule has 1 aliphatic rings. The topological polar surface area (TPSA) is 62.3 Å². The molecule has 0 aliphatic heterocycles. The zero-order valence-electron chi connectivity index (χ0n) is 8.38. The molecule has 5 heteroatoms. The molecule has 78 valence electrons. The first kappa shape index (κ1) is 9.48. The molecule has 2 N–H and O–H groups in total. The fraction of sp³-hybridized carbons (Fsp3) is 0.667. The monoisotopic (exact) mass is 197 g/mol. The van der Waals surface area contributed by atoms with Gasteiger partial charge in [-0.3, -0.25) is 4.68 Å². The van der Waals surface area contributed by atoms with E-state index in [4.69, 9.17) is 15.2 Å². The van der Waals surface area contributed by atoms with E-state index in [0.29, 0.717) is 0 Å². The molecule has 0 bridgehead atoms. The van der Waals surface area contributed by atoms with Crippen molar-refractivity contribution in [3.63, 3.8) is 0 Å². The van der Waals surface area contributed by atoms with Crippen LogP contribution in [-0.2, 0) is 11.8 Å². The lowest BCUT2D eigenvalue weighted by molar-refractivity contribution is -0.0782. The van der Waals surface area contributed by atoms with Gasteiger partial charge < -0.3 is 15.2 Å². The van der Waals surface area contributed by atoms with E-state index in [1.807, 2.05) is 13.2 Å². The molecule has 14 heavy (non-hydrogen) atoms. The van der Waals surface area contributed by atoms with Gasteiger partial charge in [-0.05, 0) is 0 Å². The van der Waals surface area contributed by atoms with E-state index in [2.05, 4.69) is 5.10 Å². The Bertz CT molecular complexity index is 313. The van der Waals surface area contributed by atoms with E-state index in [1.54, 1.807) is 18.0 Å². The second-order valence-electron chi connectivity index (χ2n) is 3.61. The maximum atomic E-state index is 5.76. The zero-order valence-corrected chi connectivity index (χ0v) is 8.38. The summed E-state index contributed by atoms with van der Waals surface area (Å²) in [6.45, 7) is 0. The zero-order chi connectivity index (χ0) is 10.1. The first-order chi connectivity index (χ1) is 6.70. The van der Waals surface area contributed by atoms with Crippen LogP contribution in [0.15, 0.2) is 12.4 Å². The third kappa shape index (κ3) is 1.60. The summed E-state index contributed by atoms with van der Waals surface area (Å²) in [6.07, 6.45) is 4.44. The number of aromatic nitrogens is 2. The first-order valence-corrected chi connectivity index (χ1v) is 4.64. The minimum atomic E-state index is 0.00945. The minimum Gasteiger partial charge on any atom is -0.484 e. The van der Waals surface area contributed by atoms with Gasteiger partial charge in [0.1, 0.15) is 12.2 Å². The van der Waals surface area contributed by atoms with Crippen molar-refractivity contribution in [2.45, 2.75) is 24.7 Å². The van der Waals surface area contributed by atoms with E-state index in [-0.39, 0.29) is 18.2 Å². The normalized spacial score (nSPS) is 31.2. The lowest BCUT2D eigenvalue weighted by atomic mass is 9.86. The molecule has 1 heterocycles. The Kier molecular flexibility index (Phi) is 2.43. The number of rotatable bonds is 3. The van der Waals surface area contributed by atoms with Crippen LogP contribution in [-0.4, -0.2) is 35.1 Å². The summed E-state index contributed by atoms with van der Waals surface area (Å²) in [5, 5.41) is 4.02. The van der Waals surface area contributed by atoms with Crippen molar-refractivity contribution >= 4 is 0 Å². The number of nitrogens with two attached hydrogens (primary N) is 1. The third-order valence-corrected chi connectivity index (χ3v) is 2.53. The van der Waals surface area contributed by atoms with Gasteiger partial charge in [0.2, 0.25) is 0 Å². The van der Waals surface area contributed by atoms with E-state index in [1.165, 1.54) is 0 Å². The highest BCUT2D eigenvalue weighted by molar-refractivity contribution is 5.14. The van der Waals surface area contributed by atoms with Crippen molar-refractivity contribution in [1.29, 1.82) is 0 Å². The van der Waals surface area contributed by atoms with Gasteiger partial charge in [-0.1, -0.05) is 0 Å². The second kappa shape index (κ2) is 3.59. The molecule has 3 unspecified atom stereocenters. The van der Waals surface area contributed by atoms with Crippen molar-refractivity contribution in [2.24, 2.45) is 12.8 Å². The number of ether oxygens (including phenoxy) is 2. The second-order valence-corrected chi connectivity index (χ2v) is 3.61. The van der Waals surface area contributed by atoms with Crippen LogP contribution in [0, 0.1) is 0 Å². The van der Waals surface area contributed by atoms with Crippen LogP contribution in [0.25, 0.3) is 0 Å². The first-order valence-electron chi connectivity index (χ1n) is 4.64. The Balaban J connectivity index is 1.93. The third-order valence-electron chi connectivity index (χ3n) is 2.53. The predicted octanol–water partition coefficient (Wildman–Crippen LogP) is -0.0865. The van der Waals surface area contributed by atoms with E-state index < -0.39 is 0 Å². The molecule has 1 aromatic heterocycles. The molecule has 5 nitrogen and oxygen atoms in total. The summed E-state index contributed by atoms with van der Waals surface area (Å²) in [5.74, 6) is 0.770. The molecule has 0 aromatic carbocycles.